The van der Waals surface area contributed by atoms with Gasteiger partial charge in [0.15, 0.2) is 0 Å². The fourth-order valence-corrected chi connectivity index (χ4v) is 2.22. The van der Waals surface area contributed by atoms with E-state index in [1.165, 1.54) is 5.56 Å². The molecule has 0 aliphatic heterocycles. The maximum Gasteiger partial charge on any atom is 0.258 e. The van der Waals surface area contributed by atoms with E-state index in [0.717, 1.165) is 16.3 Å². The Labute approximate surface area is 100 Å². The smallest absolute Gasteiger partial charge is 0.258 e. The molecule has 1 aromatic carbocycles. The number of aliphatic hydroxyl groups excluding tert-OH is 1. The van der Waals surface area contributed by atoms with Crippen LogP contribution in [-0.4, -0.2) is 16.3 Å². The zero-order valence-corrected chi connectivity index (χ0v) is 10.2. The van der Waals surface area contributed by atoms with E-state index in [4.69, 9.17) is 5.11 Å². The quantitative estimate of drug-likeness (QED) is 0.878. The van der Waals surface area contributed by atoms with Crippen molar-refractivity contribution in [2.45, 2.75) is 26.8 Å². The zero-order valence-electron chi connectivity index (χ0n) is 10.2. The Kier molecular flexibility index (Phi) is 3.29. The fraction of sp³-hybridized carbons (Fsp3) is 0.357. The Hall–Kier alpha value is -1.61. The summed E-state index contributed by atoms with van der Waals surface area (Å²) in [4.78, 5) is 12.2. The summed E-state index contributed by atoms with van der Waals surface area (Å²) in [5.41, 5.74) is 2.22. The average molecular weight is 231 g/mol. The second-order valence-corrected chi connectivity index (χ2v) is 4.44. The van der Waals surface area contributed by atoms with E-state index in [9.17, 15) is 4.79 Å². The van der Waals surface area contributed by atoms with Crippen LogP contribution in [-0.2, 0) is 6.54 Å². The van der Waals surface area contributed by atoms with Crippen molar-refractivity contribution in [3.8, 4) is 0 Å². The number of fused-ring (bicyclic) bond motifs is 1. The molecule has 3 nitrogen and oxygen atoms in total. The molecule has 17 heavy (non-hydrogen) atoms. The predicted octanol–water partition coefficient (Wildman–Crippen LogP) is 2.00. The summed E-state index contributed by atoms with van der Waals surface area (Å²) in [6.07, 6.45) is 2.41. The van der Waals surface area contributed by atoms with Gasteiger partial charge in [-0.3, -0.25) is 4.79 Å². The largest absolute Gasteiger partial charge is 0.396 e. The van der Waals surface area contributed by atoms with Crippen molar-refractivity contribution < 1.29 is 5.11 Å². The van der Waals surface area contributed by atoms with Crippen LogP contribution in [0.25, 0.3) is 10.8 Å². The van der Waals surface area contributed by atoms with Gasteiger partial charge in [0.1, 0.15) is 0 Å². The highest BCUT2D eigenvalue weighted by atomic mass is 16.3. The van der Waals surface area contributed by atoms with Gasteiger partial charge in [-0.15, -0.1) is 0 Å². The summed E-state index contributed by atoms with van der Waals surface area (Å²) in [7, 11) is 0. The van der Waals surface area contributed by atoms with Gasteiger partial charge in [-0.1, -0.05) is 17.7 Å². The molecule has 0 bridgehead atoms. The van der Waals surface area contributed by atoms with E-state index >= 15 is 0 Å². The van der Waals surface area contributed by atoms with Crippen LogP contribution in [0.5, 0.6) is 0 Å². The van der Waals surface area contributed by atoms with Gasteiger partial charge in [-0.25, -0.2) is 0 Å². The SMILES string of the molecule is Cc1cc(C)c2c(=O)n(CCCO)ccc2c1. The molecule has 0 aliphatic carbocycles. The van der Waals surface area contributed by atoms with Gasteiger partial charge in [-0.2, -0.15) is 0 Å². The van der Waals surface area contributed by atoms with Crippen molar-refractivity contribution >= 4 is 10.8 Å². The van der Waals surface area contributed by atoms with Crippen LogP contribution in [0.15, 0.2) is 29.2 Å². The third kappa shape index (κ3) is 2.24. The van der Waals surface area contributed by atoms with Gasteiger partial charge in [0.05, 0.1) is 5.39 Å². The Bertz CT molecular complexity index is 599. The molecule has 0 spiro atoms. The van der Waals surface area contributed by atoms with Crippen molar-refractivity contribution in [1.29, 1.82) is 0 Å². The Morgan fingerprint density at radius 1 is 1.29 bits per heavy atom. The number of hydrogen-bond acceptors (Lipinski definition) is 2. The minimum Gasteiger partial charge on any atom is -0.396 e. The third-order valence-corrected chi connectivity index (χ3v) is 2.98. The van der Waals surface area contributed by atoms with E-state index < -0.39 is 0 Å². The molecule has 0 atom stereocenters. The lowest BCUT2D eigenvalue weighted by Crippen LogP contribution is -2.20. The maximum atomic E-state index is 12.2. The summed E-state index contributed by atoms with van der Waals surface area (Å²) < 4.78 is 1.67. The molecule has 0 radical (unpaired) electrons. The highest BCUT2D eigenvalue weighted by Crippen LogP contribution is 2.16. The highest BCUT2D eigenvalue weighted by Gasteiger charge is 2.05. The van der Waals surface area contributed by atoms with Gasteiger partial charge in [-0.05, 0) is 37.3 Å². The number of benzene rings is 1. The predicted molar refractivity (Wildman–Crippen MR) is 69.4 cm³/mol. The Morgan fingerprint density at radius 3 is 2.76 bits per heavy atom. The normalized spacial score (nSPS) is 11.0. The Balaban J connectivity index is 2.63. The molecule has 0 saturated heterocycles. The van der Waals surface area contributed by atoms with Crippen molar-refractivity contribution in [2.75, 3.05) is 6.61 Å². The van der Waals surface area contributed by atoms with Gasteiger partial charge in [0.25, 0.3) is 5.56 Å². The third-order valence-electron chi connectivity index (χ3n) is 2.98. The summed E-state index contributed by atoms with van der Waals surface area (Å²) >= 11 is 0. The molecule has 1 N–H and O–H groups in total. The zero-order chi connectivity index (χ0) is 12.4. The van der Waals surface area contributed by atoms with Crippen LogP contribution in [0.3, 0.4) is 0 Å². The highest BCUT2D eigenvalue weighted by molar-refractivity contribution is 5.85. The van der Waals surface area contributed by atoms with E-state index in [1.54, 1.807) is 10.8 Å². The average Bonchev–Trinajstić information content (AvgIpc) is 2.27. The summed E-state index contributed by atoms with van der Waals surface area (Å²) in [6.45, 7) is 4.67. The van der Waals surface area contributed by atoms with Crippen LogP contribution in [0.1, 0.15) is 17.5 Å². The second-order valence-electron chi connectivity index (χ2n) is 4.44. The molecule has 0 amide bonds. The van der Waals surface area contributed by atoms with Crippen LogP contribution < -0.4 is 5.56 Å². The lowest BCUT2D eigenvalue weighted by atomic mass is 10.0. The topological polar surface area (TPSA) is 42.2 Å². The van der Waals surface area contributed by atoms with Crippen LogP contribution in [0.4, 0.5) is 0 Å². The number of pyridine rings is 1. The van der Waals surface area contributed by atoms with E-state index in [-0.39, 0.29) is 12.2 Å². The number of rotatable bonds is 3. The molecule has 2 rings (SSSR count). The van der Waals surface area contributed by atoms with Crippen molar-refractivity contribution in [1.82, 2.24) is 4.57 Å². The van der Waals surface area contributed by atoms with Crippen LogP contribution in [0, 0.1) is 13.8 Å². The first-order valence-electron chi connectivity index (χ1n) is 5.85. The van der Waals surface area contributed by atoms with Gasteiger partial charge >= 0.3 is 0 Å². The number of nitrogens with zero attached hydrogens (tertiary/aromatic N) is 1. The molecule has 3 heteroatoms. The van der Waals surface area contributed by atoms with Crippen molar-refractivity contribution in [3.63, 3.8) is 0 Å². The molecule has 1 heterocycles. The molecule has 0 unspecified atom stereocenters. The van der Waals surface area contributed by atoms with Crippen LogP contribution in [0.2, 0.25) is 0 Å². The first-order valence-corrected chi connectivity index (χ1v) is 5.85. The lowest BCUT2D eigenvalue weighted by Gasteiger charge is -2.08. The summed E-state index contributed by atoms with van der Waals surface area (Å²) in [6, 6.07) is 6.02. The standard InChI is InChI=1S/C14H17NO2/c1-10-8-11(2)13-12(9-10)4-6-15(14(13)17)5-3-7-16/h4,6,8-9,16H,3,5,7H2,1-2H3. The molecule has 0 fully saturated rings. The molecule has 90 valence electrons. The number of aryl methyl sites for hydroxylation is 3. The minimum absolute atomic E-state index is 0.0356. The molecule has 2 aromatic rings. The molecular weight excluding hydrogens is 214 g/mol. The lowest BCUT2D eigenvalue weighted by molar-refractivity contribution is 0.279. The van der Waals surface area contributed by atoms with Gasteiger partial charge in [0, 0.05) is 19.3 Å². The van der Waals surface area contributed by atoms with E-state index in [1.807, 2.05) is 32.0 Å². The second kappa shape index (κ2) is 4.72. The molecule has 0 saturated carbocycles. The first-order chi connectivity index (χ1) is 8.13. The van der Waals surface area contributed by atoms with Crippen molar-refractivity contribution in [2.24, 2.45) is 0 Å². The number of aliphatic hydroxyl groups is 1. The minimum atomic E-state index is 0.0356. The number of hydrogen-bond donors (Lipinski definition) is 1. The molecular formula is C14H17NO2. The van der Waals surface area contributed by atoms with E-state index in [0.29, 0.717) is 13.0 Å². The molecule has 0 aliphatic rings. The summed E-state index contributed by atoms with van der Waals surface area (Å²) in [5.74, 6) is 0. The summed E-state index contributed by atoms with van der Waals surface area (Å²) in [5, 5.41) is 10.6. The Morgan fingerprint density at radius 2 is 2.06 bits per heavy atom. The van der Waals surface area contributed by atoms with Gasteiger partial charge in [0.2, 0.25) is 0 Å². The molecule has 1 aromatic heterocycles. The van der Waals surface area contributed by atoms with Crippen molar-refractivity contribution in [3.05, 3.63) is 45.9 Å². The van der Waals surface area contributed by atoms with E-state index in [2.05, 4.69) is 0 Å². The van der Waals surface area contributed by atoms with Gasteiger partial charge < -0.3 is 9.67 Å². The maximum absolute atomic E-state index is 12.2. The van der Waals surface area contributed by atoms with Crippen LogP contribution >= 0.6 is 0 Å². The first kappa shape index (κ1) is 11.9. The number of aromatic nitrogens is 1. The fourth-order valence-electron chi connectivity index (χ4n) is 2.22. The monoisotopic (exact) mass is 231 g/mol.